The molecule has 142 valence electrons. The number of aromatic nitrogens is 1. The van der Waals surface area contributed by atoms with Crippen molar-refractivity contribution in [3.05, 3.63) is 45.9 Å². The summed E-state index contributed by atoms with van der Waals surface area (Å²) in [7, 11) is -3.42. The minimum absolute atomic E-state index is 0.0158. The van der Waals surface area contributed by atoms with Gasteiger partial charge >= 0.3 is 0 Å². The molecule has 1 aromatic heterocycles. The van der Waals surface area contributed by atoms with Crippen molar-refractivity contribution in [3.8, 4) is 0 Å². The number of hydrogen-bond donors (Lipinski definition) is 0. The SMILES string of the molecule is Cc1nc(CN2CCN(S(=O)(=O)c3ccc(C(C)(C)C)cc3)CC2)cs1. The van der Waals surface area contributed by atoms with E-state index in [2.05, 4.69) is 36.0 Å². The normalized spacial score (nSPS) is 17.5. The molecule has 26 heavy (non-hydrogen) atoms. The van der Waals surface area contributed by atoms with E-state index >= 15 is 0 Å². The van der Waals surface area contributed by atoms with Gasteiger partial charge in [0.1, 0.15) is 0 Å². The molecule has 2 heterocycles. The highest BCUT2D eigenvalue weighted by molar-refractivity contribution is 7.89. The molecule has 0 aliphatic carbocycles. The van der Waals surface area contributed by atoms with E-state index in [0.29, 0.717) is 18.0 Å². The summed E-state index contributed by atoms with van der Waals surface area (Å²) in [5.41, 5.74) is 2.23. The van der Waals surface area contributed by atoms with Crippen LogP contribution in [0.1, 0.15) is 37.0 Å². The molecule has 3 rings (SSSR count). The second-order valence-electron chi connectivity index (χ2n) is 7.81. The van der Waals surface area contributed by atoms with Gasteiger partial charge in [-0.15, -0.1) is 11.3 Å². The van der Waals surface area contributed by atoms with Crippen molar-refractivity contribution in [2.75, 3.05) is 26.2 Å². The summed E-state index contributed by atoms with van der Waals surface area (Å²) in [6, 6.07) is 7.32. The summed E-state index contributed by atoms with van der Waals surface area (Å²) in [6.45, 7) is 11.7. The number of hydrogen-bond acceptors (Lipinski definition) is 5. The topological polar surface area (TPSA) is 53.5 Å². The zero-order valence-electron chi connectivity index (χ0n) is 15.9. The van der Waals surface area contributed by atoms with Gasteiger partial charge in [0.05, 0.1) is 15.6 Å². The molecule has 1 saturated heterocycles. The Bertz CT molecular complexity index is 844. The number of rotatable bonds is 4. The number of sulfonamides is 1. The zero-order valence-corrected chi connectivity index (χ0v) is 17.5. The lowest BCUT2D eigenvalue weighted by molar-refractivity contribution is 0.180. The second kappa shape index (κ2) is 7.38. The molecule has 1 aliphatic rings. The van der Waals surface area contributed by atoms with Gasteiger partial charge in [-0.2, -0.15) is 4.31 Å². The highest BCUT2D eigenvalue weighted by Gasteiger charge is 2.29. The summed E-state index contributed by atoms with van der Waals surface area (Å²) in [5, 5.41) is 3.15. The predicted octanol–water partition coefficient (Wildman–Crippen LogP) is 3.26. The monoisotopic (exact) mass is 393 g/mol. The van der Waals surface area contributed by atoms with Crippen molar-refractivity contribution in [2.45, 2.75) is 44.6 Å². The standard InChI is InChI=1S/C19H27N3O2S2/c1-15-20-17(14-25-15)13-21-9-11-22(12-10-21)26(23,24)18-7-5-16(6-8-18)19(2,3)4/h5-8,14H,9-13H2,1-4H3. The number of benzene rings is 1. The molecule has 0 spiro atoms. The lowest BCUT2D eigenvalue weighted by atomic mass is 9.87. The van der Waals surface area contributed by atoms with E-state index in [1.54, 1.807) is 27.8 Å². The summed E-state index contributed by atoms with van der Waals surface area (Å²) >= 11 is 1.65. The molecule has 1 aromatic carbocycles. The Balaban J connectivity index is 1.64. The average molecular weight is 394 g/mol. The van der Waals surface area contributed by atoms with E-state index in [1.807, 2.05) is 19.1 Å². The van der Waals surface area contributed by atoms with Crippen LogP contribution >= 0.6 is 11.3 Å². The third-order valence-electron chi connectivity index (χ3n) is 4.74. The molecule has 0 radical (unpaired) electrons. The smallest absolute Gasteiger partial charge is 0.243 e. The number of piperazine rings is 1. The van der Waals surface area contributed by atoms with E-state index < -0.39 is 10.0 Å². The highest BCUT2D eigenvalue weighted by Crippen LogP contribution is 2.25. The van der Waals surface area contributed by atoms with Crippen LogP contribution in [-0.4, -0.2) is 48.8 Å². The third kappa shape index (κ3) is 4.34. The van der Waals surface area contributed by atoms with Crippen molar-refractivity contribution >= 4 is 21.4 Å². The Kier molecular flexibility index (Phi) is 5.53. The fourth-order valence-corrected chi connectivity index (χ4v) is 5.14. The van der Waals surface area contributed by atoms with Crippen molar-refractivity contribution in [1.29, 1.82) is 0 Å². The van der Waals surface area contributed by atoms with Gasteiger partial charge in [-0.1, -0.05) is 32.9 Å². The van der Waals surface area contributed by atoms with Gasteiger partial charge in [-0.05, 0) is 30.0 Å². The Morgan fingerprint density at radius 3 is 2.19 bits per heavy atom. The Morgan fingerprint density at radius 1 is 1.08 bits per heavy atom. The first-order chi connectivity index (χ1) is 12.2. The molecule has 0 atom stereocenters. The second-order valence-corrected chi connectivity index (χ2v) is 10.8. The minimum atomic E-state index is -3.42. The van der Waals surface area contributed by atoms with Crippen LogP contribution < -0.4 is 0 Å². The van der Waals surface area contributed by atoms with Gasteiger partial charge in [0.25, 0.3) is 0 Å². The van der Waals surface area contributed by atoms with Crippen LogP contribution in [0, 0.1) is 6.92 Å². The van der Waals surface area contributed by atoms with E-state index in [0.717, 1.165) is 35.9 Å². The molecule has 0 unspecified atom stereocenters. The molecule has 0 N–H and O–H groups in total. The Morgan fingerprint density at radius 2 is 1.69 bits per heavy atom. The molecule has 0 saturated carbocycles. The molecule has 1 aliphatic heterocycles. The predicted molar refractivity (Wildman–Crippen MR) is 106 cm³/mol. The minimum Gasteiger partial charge on any atom is -0.295 e. The van der Waals surface area contributed by atoms with Crippen molar-refractivity contribution in [2.24, 2.45) is 0 Å². The molecular weight excluding hydrogens is 366 g/mol. The molecule has 2 aromatic rings. The number of aryl methyl sites for hydroxylation is 1. The molecule has 0 bridgehead atoms. The fourth-order valence-electron chi connectivity index (χ4n) is 3.11. The average Bonchev–Trinajstić information content (AvgIpc) is 2.99. The first kappa shape index (κ1) is 19.5. The zero-order chi connectivity index (χ0) is 18.9. The lowest BCUT2D eigenvalue weighted by Crippen LogP contribution is -2.48. The maximum atomic E-state index is 12.9. The van der Waals surface area contributed by atoms with Crippen molar-refractivity contribution < 1.29 is 8.42 Å². The van der Waals surface area contributed by atoms with Gasteiger partial charge in [0, 0.05) is 38.1 Å². The van der Waals surface area contributed by atoms with E-state index in [-0.39, 0.29) is 5.41 Å². The van der Waals surface area contributed by atoms with Gasteiger partial charge in [-0.3, -0.25) is 4.90 Å². The highest BCUT2D eigenvalue weighted by atomic mass is 32.2. The fraction of sp³-hybridized carbons (Fsp3) is 0.526. The van der Waals surface area contributed by atoms with E-state index in [1.165, 1.54) is 0 Å². The molecule has 0 amide bonds. The molecule has 5 nitrogen and oxygen atoms in total. The lowest BCUT2D eigenvalue weighted by Gasteiger charge is -2.33. The number of nitrogens with zero attached hydrogens (tertiary/aromatic N) is 3. The van der Waals surface area contributed by atoms with Crippen LogP contribution in [0.15, 0.2) is 34.5 Å². The van der Waals surface area contributed by atoms with Gasteiger partial charge < -0.3 is 0 Å². The Hall–Kier alpha value is -1.28. The van der Waals surface area contributed by atoms with E-state index in [9.17, 15) is 8.42 Å². The summed E-state index contributed by atoms with van der Waals surface area (Å²) in [5.74, 6) is 0. The van der Waals surface area contributed by atoms with Crippen molar-refractivity contribution in [1.82, 2.24) is 14.2 Å². The van der Waals surface area contributed by atoms with Crippen LogP contribution in [0.2, 0.25) is 0 Å². The third-order valence-corrected chi connectivity index (χ3v) is 7.48. The summed E-state index contributed by atoms with van der Waals surface area (Å²) < 4.78 is 27.4. The largest absolute Gasteiger partial charge is 0.295 e. The molecule has 7 heteroatoms. The van der Waals surface area contributed by atoms with Gasteiger partial charge in [-0.25, -0.2) is 13.4 Å². The maximum absolute atomic E-state index is 12.9. The van der Waals surface area contributed by atoms with E-state index in [4.69, 9.17) is 0 Å². The van der Waals surface area contributed by atoms with Crippen LogP contribution in [0.4, 0.5) is 0 Å². The van der Waals surface area contributed by atoms with Gasteiger partial charge in [0.15, 0.2) is 0 Å². The molecular formula is C19H27N3O2S2. The van der Waals surface area contributed by atoms with Crippen LogP contribution in [0.25, 0.3) is 0 Å². The Labute approximate surface area is 160 Å². The first-order valence-electron chi connectivity index (χ1n) is 8.90. The summed E-state index contributed by atoms with van der Waals surface area (Å²) in [6.07, 6.45) is 0. The quantitative estimate of drug-likeness (QED) is 0.800. The van der Waals surface area contributed by atoms with Crippen LogP contribution in [0.5, 0.6) is 0 Å². The maximum Gasteiger partial charge on any atom is 0.243 e. The van der Waals surface area contributed by atoms with Crippen LogP contribution in [0.3, 0.4) is 0 Å². The molecule has 1 fully saturated rings. The first-order valence-corrected chi connectivity index (χ1v) is 11.2. The van der Waals surface area contributed by atoms with Crippen LogP contribution in [-0.2, 0) is 22.0 Å². The van der Waals surface area contributed by atoms with Crippen molar-refractivity contribution in [3.63, 3.8) is 0 Å². The summed E-state index contributed by atoms with van der Waals surface area (Å²) in [4.78, 5) is 7.14. The van der Waals surface area contributed by atoms with Gasteiger partial charge in [0.2, 0.25) is 10.0 Å². The number of thiazole rings is 1.